The van der Waals surface area contributed by atoms with E-state index in [9.17, 15) is 23.1 Å². The minimum absolute atomic E-state index is 0.0469. The van der Waals surface area contributed by atoms with Crippen LogP contribution >= 0.6 is 0 Å². The first-order valence-corrected chi connectivity index (χ1v) is 6.94. The second kappa shape index (κ2) is 5.61. The second-order valence-electron chi connectivity index (χ2n) is 4.21. The fraction of sp³-hybridized carbons (Fsp3) is 0.400. The van der Waals surface area contributed by atoms with E-state index in [0.717, 1.165) is 19.2 Å². The summed E-state index contributed by atoms with van der Waals surface area (Å²) in [6.45, 7) is 1.14. The first-order valence-electron chi connectivity index (χ1n) is 5.45. The van der Waals surface area contributed by atoms with Gasteiger partial charge in [0.25, 0.3) is 5.91 Å². The maximum absolute atomic E-state index is 12.0. The Kier molecular flexibility index (Phi) is 4.53. The van der Waals surface area contributed by atoms with Gasteiger partial charge in [0.1, 0.15) is 16.6 Å². The molecule has 0 fully saturated rings. The zero-order chi connectivity index (χ0) is 15.7. The molecule has 1 aromatic heterocycles. The molecule has 20 heavy (non-hydrogen) atoms. The van der Waals surface area contributed by atoms with Crippen LogP contribution in [0, 0.1) is 0 Å². The Morgan fingerprint density at radius 3 is 2.35 bits per heavy atom. The molecule has 1 amide bonds. The number of hydrogen-bond donors (Lipinski definition) is 4. The Hall–Kier alpha value is -1.91. The van der Waals surface area contributed by atoms with E-state index < -0.39 is 34.0 Å². The monoisotopic (exact) mass is 305 g/mol. The fourth-order valence-corrected chi connectivity index (χ4v) is 2.85. The Morgan fingerprint density at radius 2 is 2.00 bits per heavy atom. The molecular formula is C10H15N3O6S. The van der Waals surface area contributed by atoms with Gasteiger partial charge in [-0.15, -0.1) is 0 Å². The third-order valence-electron chi connectivity index (χ3n) is 2.57. The molecule has 1 aromatic rings. The average molecular weight is 305 g/mol. The van der Waals surface area contributed by atoms with Gasteiger partial charge in [-0.2, -0.15) is 4.72 Å². The number of carbonyl (C=O) groups excluding carboxylic acids is 1. The SMILES string of the molecule is C[C@@H](O)[C@H](NS(=O)(=O)c1cc(C(N)=O)n(C)c1)C(=O)O. The van der Waals surface area contributed by atoms with Gasteiger partial charge in [-0.3, -0.25) is 9.59 Å². The zero-order valence-electron chi connectivity index (χ0n) is 10.8. The van der Waals surface area contributed by atoms with Crippen LogP contribution in [-0.4, -0.2) is 47.2 Å². The average Bonchev–Trinajstić information content (AvgIpc) is 2.68. The van der Waals surface area contributed by atoms with Gasteiger partial charge in [-0.1, -0.05) is 0 Å². The maximum atomic E-state index is 12.0. The van der Waals surface area contributed by atoms with E-state index in [1.165, 1.54) is 11.6 Å². The number of carboxylic acids is 1. The summed E-state index contributed by atoms with van der Waals surface area (Å²) in [5.41, 5.74) is 5.01. The van der Waals surface area contributed by atoms with Crippen LogP contribution < -0.4 is 10.5 Å². The largest absolute Gasteiger partial charge is 0.480 e. The van der Waals surface area contributed by atoms with Crippen molar-refractivity contribution in [2.24, 2.45) is 12.8 Å². The van der Waals surface area contributed by atoms with Crippen LogP contribution in [0.5, 0.6) is 0 Å². The molecule has 0 bridgehead atoms. The van der Waals surface area contributed by atoms with Crippen molar-refractivity contribution in [3.05, 3.63) is 18.0 Å². The van der Waals surface area contributed by atoms with Crippen molar-refractivity contribution >= 4 is 21.9 Å². The van der Waals surface area contributed by atoms with E-state index in [2.05, 4.69) is 0 Å². The lowest BCUT2D eigenvalue weighted by Crippen LogP contribution is -2.47. The number of carboxylic acid groups (broad SMARTS) is 1. The number of nitrogens with two attached hydrogens (primary N) is 1. The summed E-state index contributed by atoms with van der Waals surface area (Å²) in [4.78, 5) is 21.6. The predicted molar refractivity (Wildman–Crippen MR) is 67.4 cm³/mol. The van der Waals surface area contributed by atoms with E-state index >= 15 is 0 Å². The van der Waals surface area contributed by atoms with Crippen molar-refractivity contribution < 1.29 is 28.2 Å². The number of aromatic nitrogens is 1. The van der Waals surface area contributed by atoms with Crippen LogP contribution in [0.25, 0.3) is 0 Å². The molecule has 0 spiro atoms. The number of rotatable bonds is 6. The molecule has 0 radical (unpaired) electrons. The van der Waals surface area contributed by atoms with Crippen LogP contribution in [0.3, 0.4) is 0 Å². The number of sulfonamides is 1. The van der Waals surface area contributed by atoms with Crippen molar-refractivity contribution in [3.8, 4) is 0 Å². The van der Waals surface area contributed by atoms with Crippen molar-refractivity contribution in [1.82, 2.24) is 9.29 Å². The summed E-state index contributed by atoms with van der Waals surface area (Å²) < 4.78 is 27.0. The Labute approximate surface area is 115 Å². The number of aliphatic carboxylic acids is 1. The maximum Gasteiger partial charge on any atom is 0.324 e. The molecule has 0 aliphatic heterocycles. The number of carbonyl (C=O) groups is 2. The lowest BCUT2D eigenvalue weighted by Gasteiger charge is -2.16. The van der Waals surface area contributed by atoms with Crippen LogP contribution in [0.1, 0.15) is 17.4 Å². The molecule has 0 saturated carbocycles. The molecule has 112 valence electrons. The highest BCUT2D eigenvalue weighted by atomic mass is 32.2. The fourth-order valence-electron chi connectivity index (χ4n) is 1.52. The molecule has 0 aliphatic carbocycles. The van der Waals surface area contributed by atoms with Gasteiger partial charge in [-0.05, 0) is 13.0 Å². The number of hydrogen-bond acceptors (Lipinski definition) is 5. The topological polar surface area (TPSA) is 152 Å². The van der Waals surface area contributed by atoms with Crippen molar-refractivity contribution in [2.75, 3.05) is 0 Å². The van der Waals surface area contributed by atoms with E-state index in [1.807, 2.05) is 4.72 Å². The number of aliphatic hydroxyl groups excluding tert-OH is 1. The van der Waals surface area contributed by atoms with Gasteiger partial charge in [0.15, 0.2) is 0 Å². The molecule has 0 unspecified atom stereocenters. The highest BCUT2D eigenvalue weighted by Gasteiger charge is 2.30. The lowest BCUT2D eigenvalue weighted by atomic mass is 10.2. The van der Waals surface area contributed by atoms with Gasteiger partial charge in [-0.25, -0.2) is 8.42 Å². The third kappa shape index (κ3) is 3.35. The zero-order valence-corrected chi connectivity index (χ0v) is 11.6. The van der Waals surface area contributed by atoms with E-state index in [4.69, 9.17) is 10.8 Å². The number of nitrogens with zero attached hydrogens (tertiary/aromatic N) is 1. The Balaban J connectivity index is 3.14. The number of aryl methyl sites for hydroxylation is 1. The lowest BCUT2D eigenvalue weighted by molar-refractivity contribution is -0.141. The number of aliphatic hydroxyl groups is 1. The van der Waals surface area contributed by atoms with Crippen molar-refractivity contribution in [1.29, 1.82) is 0 Å². The molecule has 0 saturated heterocycles. The van der Waals surface area contributed by atoms with Crippen molar-refractivity contribution in [3.63, 3.8) is 0 Å². The Morgan fingerprint density at radius 1 is 1.45 bits per heavy atom. The van der Waals surface area contributed by atoms with Crippen LogP contribution in [0.4, 0.5) is 0 Å². The summed E-state index contributed by atoms with van der Waals surface area (Å²) in [6.07, 6.45) is -0.315. The molecular weight excluding hydrogens is 290 g/mol. The predicted octanol–water partition coefficient (Wildman–Crippen LogP) is -1.76. The molecule has 5 N–H and O–H groups in total. The molecule has 10 heteroatoms. The third-order valence-corrected chi connectivity index (χ3v) is 3.98. The first-order chi connectivity index (χ1) is 9.06. The number of primary amides is 1. The normalized spacial score (nSPS) is 14.8. The van der Waals surface area contributed by atoms with Gasteiger partial charge in [0.05, 0.1) is 6.10 Å². The Bertz CT molecular complexity index is 633. The quantitative estimate of drug-likeness (QED) is 0.488. The molecule has 1 rings (SSSR count). The summed E-state index contributed by atoms with van der Waals surface area (Å²) >= 11 is 0. The van der Waals surface area contributed by atoms with Crippen molar-refractivity contribution in [2.45, 2.75) is 24.0 Å². The van der Waals surface area contributed by atoms with Gasteiger partial charge < -0.3 is 20.5 Å². The highest BCUT2D eigenvalue weighted by Crippen LogP contribution is 2.14. The van der Waals surface area contributed by atoms with E-state index in [-0.39, 0.29) is 10.6 Å². The first kappa shape index (κ1) is 16.1. The van der Waals surface area contributed by atoms with Crippen LogP contribution in [0.2, 0.25) is 0 Å². The number of amides is 1. The summed E-state index contributed by atoms with van der Waals surface area (Å²) in [5.74, 6) is -2.34. The second-order valence-corrected chi connectivity index (χ2v) is 5.93. The summed E-state index contributed by atoms with van der Waals surface area (Å²) in [7, 11) is -2.79. The molecule has 0 aliphatic rings. The van der Waals surface area contributed by atoms with E-state index in [1.54, 1.807) is 0 Å². The molecule has 1 heterocycles. The molecule has 9 nitrogen and oxygen atoms in total. The molecule has 2 atom stereocenters. The van der Waals surface area contributed by atoms with Gasteiger partial charge >= 0.3 is 5.97 Å². The smallest absolute Gasteiger partial charge is 0.324 e. The highest BCUT2D eigenvalue weighted by molar-refractivity contribution is 7.89. The van der Waals surface area contributed by atoms with Crippen LogP contribution in [-0.2, 0) is 21.9 Å². The number of nitrogens with one attached hydrogen (secondary N) is 1. The molecule has 0 aromatic carbocycles. The van der Waals surface area contributed by atoms with E-state index in [0.29, 0.717) is 0 Å². The standard InChI is InChI=1S/C10H15N3O6S/c1-5(14)8(10(16)17)12-20(18,19)6-3-7(9(11)15)13(2)4-6/h3-5,8,12,14H,1-2H3,(H2,11,15)(H,16,17)/t5-,8+/m1/s1. The summed E-state index contributed by atoms with van der Waals surface area (Å²) in [5, 5.41) is 18.1. The van der Waals surface area contributed by atoms with Gasteiger partial charge in [0.2, 0.25) is 10.0 Å². The van der Waals surface area contributed by atoms with Gasteiger partial charge in [0, 0.05) is 13.2 Å². The summed E-state index contributed by atoms with van der Waals surface area (Å²) in [6, 6.07) is -0.678. The minimum atomic E-state index is -4.20. The van der Waals surface area contributed by atoms with Crippen LogP contribution in [0.15, 0.2) is 17.2 Å². The minimum Gasteiger partial charge on any atom is -0.480 e.